The monoisotopic (exact) mass is 501 g/mol. The van der Waals surface area contributed by atoms with E-state index in [0.29, 0.717) is 17.0 Å². The summed E-state index contributed by atoms with van der Waals surface area (Å²) in [4.78, 5) is 39.7. The molecule has 1 aliphatic rings. The number of ether oxygens (including phenoxy) is 3. The fourth-order valence-corrected chi connectivity index (χ4v) is 4.39. The van der Waals surface area contributed by atoms with E-state index >= 15 is 0 Å². The van der Waals surface area contributed by atoms with Crippen LogP contribution in [0.15, 0.2) is 66.2 Å². The van der Waals surface area contributed by atoms with Crippen LogP contribution >= 0.6 is 0 Å². The highest BCUT2D eigenvalue weighted by Crippen LogP contribution is 2.45. The molecule has 0 bridgehead atoms. The molecule has 37 heavy (non-hydrogen) atoms. The molecule has 0 radical (unpaired) electrons. The van der Waals surface area contributed by atoms with Gasteiger partial charge in [-0.1, -0.05) is 24.3 Å². The van der Waals surface area contributed by atoms with Crippen LogP contribution in [0.1, 0.15) is 35.2 Å². The normalized spacial score (nSPS) is 16.6. The molecule has 0 saturated carbocycles. The van der Waals surface area contributed by atoms with Crippen LogP contribution in [0.4, 0.5) is 5.69 Å². The number of aliphatic hydroxyl groups is 1. The number of carbonyl (C=O) groups excluding carboxylic acids is 3. The predicted octanol–water partition coefficient (Wildman–Crippen LogP) is 4.87. The fourth-order valence-electron chi connectivity index (χ4n) is 4.39. The first-order valence-electron chi connectivity index (χ1n) is 11.6. The van der Waals surface area contributed by atoms with E-state index in [1.165, 1.54) is 26.0 Å². The summed E-state index contributed by atoms with van der Waals surface area (Å²) >= 11 is 0. The van der Waals surface area contributed by atoms with Crippen molar-refractivity contribution >= 4 is 29.1 Å². The third-order valence-electron chi connectivity index (χ3n) is 6.34. The van der Waals surface area contributed by atoms with Crippen LogP contribution in [-0.4, -0.2) is 37.0 Å². The first-order chi connectivity index (χ1) is 17.7. The molecular formula is C29H27NO7. The summed E-state index contributed by atoms with van der Waals surface area (Å²) in [7, 11) is 2.87. The van der Waals surface area contributed by atoms with Gasteiger partial charge in [0.25, 0.3) is 11.7 Å². The molecule has 3 aromatic carbocycles. The van der Waals surface area contributed by atoms with Gasteiger partial charge in [0.1, 0.15) is 28.6 Å². The predicted molar refractivity (Wildman–Crippen MR) is 138 cm³/mol. The van der Waals surface area contributed by atoms with Gasteiger partial charge in [-0.05, 0) is 66.9 Å². The Balaban J connectivity index is 1.98. The number of rotatable bonds is 6. The lowest BCUT2D eigenvalue weighted by Gasteiger charge is -2.26. The van der Waals surface area contributed by atoms with Crippen LogP contribution in [-0.2, 0) is 14.4 Å². The first kappa shape index (κ1) is 25.5. The first-order valence-corrected chi connectivity index (χ1v) is 11.6. The van der Waals surface area contributed by atoms with Crippen molar-refractivity contribution in [1.29, 1.82) is 0 Å². The summed E-state index contributed by atoms with van der Waals surface area (Å²) in [6.45, 7) is 5.16. The number of Topliss-reactive ketones (excluding diaryl/α,β-unsaturated/α-hetero) is 1. The highest BCUT2D eigenvalue weighted by molar-refractivity contribution is 6.51. The lowest BCUT2D eigenvalue weighted by Crippen LogP contribution is -2.29. The van der Waals surface area contributed by atoms with Crippen LogP contribution in [0.3, 0.4) is 0 Å². The summed E-state index contributed by atoms with van der Waals surface area (Å²) in [5, 5.41) is 11.6. The van der Waals surface area contributed by atoms with Gasteiger partial charge in [-0.25, -0.2) is 0 Å². The molecule has 8 nitrogen and oxygen atoms in total. The number of hydrogen-bond acceptors (Lipinski definition) is 7. The minimum atomic E-state index is -0.969. The van der Waals surface area contributed by atoms with Crippen LogP contribution < -0.4 is 19.1 Å². The van der Waals surface area contributed by atoms with Gasteiger partial charge < -0.3 is 19.3 Å². The average Bonchev–Trinajstić information content (AvgIpc) is 3.15. The second-order valence-electron chi connectivity index (χ2n) is 8.64. The Hall–Kier alpha value is -4.59. The second-order valence-corrected chi connectivity index (χ2v) is 8.64. The molecule has 1 heterocycles. The number of aliphatic hydroxyl groups excluding tert-OH is 1. The minimum Gasteiger partial charge on any atom is -0.506 e. The average molecular weight is 502 g/mol. The van der Waals surface area contributed by atoms with Crippen molar-refractivity contribution in [2.24, 2.45) is 0 Å². The van der Waals surface area contributed by atoms with Crippen LogP contribution in [0.5, 0.6) is 17.2 Å². The standard InChI is InChI=1S/C29H27NO7/c1-16-9-12-20(15-17(16)2)30-26(19-10-13-21(14-11-19)37-18(3)31)25(28(33)29(30)34)27(32)24-22(35-4)7-6-8-23(24)36-5/h6-15,26,32H,1-5H3/b27-25+. The molecule has 0 aromatic heterocycles. The number of esters is 1. The van der Waals surface area contributed by atoms with Crippen LogP contribution in [0.25, 0.3) is 5.76 Å². The second kappa shape index (κ2) is 10.2. The molecule has 1 amide bonds. The van der Waals surface area contributed by atoms with Gasteiger partial charge in [-0.2, -0.15) is 0 Å². The van der Waals surface area contributed by atoms with Gasteiger partial charge in [-0.3, -0.25) is 19.3 Å². The quantitative estimate of drug-likeness (QED) is 0.169. The van der Waals surface area contributed by atoms with Crippen molar-refractivity contribution in [3.05, 3.63) is 88.5 Å². The van der Waals surface area contributed by atoms with E-state index in [0.717, 1.165) is 11.1 Å². The summed E-state index contributed by atoms with van der Waals surface area (Å²) in [5.41, 5.74) is 3.04. The Bertz CT molecular complexity index is 1400. The maximum atomic E-state index is 13.5. The van der Waals surface area contributed by atoms with Gasteiger partial charge in [0.2, 0.25) is 0 Å². The maximum absolute atomic E-state index is 13.5. The molecule has 1 aliphatic heterocycles. The van der Waals surface area contributed by atoms with Crippen molar-refractivity contribution < 1.29 is 33.7 Å². The van der Waals surface area contributed by atoms with E-state index in [-0.39, 0.29) is 22.6 Å². The van der Waals surface area contributed by atoms with Crippen molar-refractivity contribution in [2.75, 3.05) is 19.1 Å². The van der Waals surface area contributed by atoms with Gasteiger partial charge in [0.05, 0.1) is 25.8 Å². The van der Waals surface area contributed by atoms with Gasteiger partial charge in [0, 0.05) is 12.6 Å². The molecule has 0 aliphatic carbocycles. The molecule has 1 unspecified atom stereocenters. The molecule has 190 valence electrons. The van der Waals surface area contributed by atoms with Crippen LogP contribution in [0.2, 0.25) is 0 Å². The van der Waals surface area contributed by atoms with E-state index in [1.807, 2.05) is 26.0 Å². The number of nitrogens with zero attached hydrogens (tertiary/aromatic N) is 1. The Labute approximate surface area is 214 Å². The van der Waals surface area contributed by atoms with Crippen LogP contribution in [0, 0.1) is 13.8 Å². The molecule has 8 heteroatoms. The third kappa shape index (κ3) is 4.65. The Morgan fingerprint density at radius 2 is 1.51 bits per heavy atom. The molecule has 1 saturated heterocycles. The molecule has 1 fully saturated rings. The topological polar surface area (TPSA) is 102 Å². The summed E-state index contributed by atoms with van der Waals surface area (Å²) in [6, 6.07) is 15.9. The molecular weight excluding hydrogens is 474 g/mol. The summed E-state index contributed by atoms with van der Waals surface area (Å²) in [5.74, 6) is -1.67. The number of methoxy groups -OCH3 is 2. The number of aryl methyl sites for hydroxylation is 2. The highest BCUT2D eigenvalue weighted by atomic mass is 16.5. The zero-order valence-corrected chi connectivity index (χ0v) is 21.2. The van der Waals surface area contributed by atoms with Crippen molar-refractivity contribution in [1.82, 2.24) is 0 Å². The maximum Gasteiger partial charge on any atom is 0.308 e. The minimum absolute atomic E-state index is 0.119. The number of amides is 1. The Morgan fingerprint density at radius 1 is 0.892 bits per heavy atom. The number of carbonyl (C=O) groups is 3. The molecule has 1 N–H and O–H groups in total. The molecule has 1 atom stereocenters. The third-order valence-corrected chi connectivity index (χ3v) is 6.34. The van der Waals surface area contributed by atoms with Crippen molar-refractivity contribution in [2.45, 2.75) is 26.8 Å². The lowest BCUT2D eigenvalue weighted by atomic mass is 9.94. The van der Waals surface area contributed by atoms with E-state index in [1.54, 1.807) is 48.5 Å². The highest BCUT2D eigenvalue weighted by Gasteiger charge is 2.47. The number of ketones is 1. The Morgan fingerprint density at radius 3 is 2.05 bits per heavy atom. The van der Waals surface area contributed by atoms with E-state index in [9.17, 15) is 19.5 Å². The summed E-state index contributed by atoms with van der Waals surface area (Å²) < 4.78 is 16.0. The molecule has 0 spiro atoms. The SMILES string of the molecule is COc1cccc(OC)c1/C(O)=C1\C(=O)C(=O)N(c2ccc(C)c(C)c2)C1c1ccc(OC(C)=O)cc1. The number of hydrogen-bond donors (Lipinski definition) is 1. The zero-order chi connectivity index (χ0) is 26.9. The number of benzene rings is 3. The van der Waals surface area contributed by atoms with Gasteiger partial charge in [0.15, 0.2) is 0 Å². The smallest absolute Gasteiger partial charge is 0.308 e. The summed E-state index contributed by atoms with van der Waals surface area (Å²) in [6.07, 6.45) is 0. The van der Waals surface area contributed by atoms with E-state index in [2.05, 4.69) is 0 Å². The zero-order valence-electron chi connectivity index (χ0n) is 21.2. The van der Waals surface area contributed by atoms with Gasteiger partial charge in [-0.15, -0.1) is 0 Å². The van der Waals surface area contributed by atoms with E-state index < -0.39 is 29.5 Å². The molecule has 3 aromatic rings. The largest absolute Gasteiger partial charge is 0.506 e. The number of anilines is 1. The Kier molecular flexibility index (Phi) is 7.02. The van der Waals surface area contributed by atoms with E-state index in [4.69, 9.17) is 14.2 Å². The molecule has 4 rings (SSSR count). The van der Waals surface area contributed by atoms with Gasteiger partial charge >= 0.3 is 5.97 Å². The van der Waals surface area contributed by atoms with Crippen molar-refractivity contribution in [3.63, 3.8) is 0 Å². The van der Waals surface area contributed by atoms with Crippen molar-refractivity contribution in [3.8, 4) is 17.2 Å². The lowest BCUT2D eigenvalue weighted by molar-refractivity contribution is -0.132. The fraction of sp³-hybridized carbons (Fsp3) is 0.207.